The summed E-state index contributed by atoms with van der Waals surface area (Å²) in [6.07, 6.45) is 0. The van der Waals surface area contributed by atoms with Gasteiger partial charge < -0.3 is 9.47 Å². The quantitative estimate of drug-likeness (QED) is 0.812. The van der Waals surface area contributed by atoms with Gasteiger partial charge in [-0.3, -0.25) is 0 Å². The number of ether oxygens (including phenoxy) is 2. The molecule has 100 valence electrons. The van der Waals surface area contributed by atoms with E-state index in [2.05, 4.69) is 0 Å². The van der Waals surface area contributed by atoms with E-state index in [1.807, 2.05) is 0 Å². The van der Waals surface area contributed by atoms with E-state index in [0.29, 0.717) is 11.5 Å². The van der Waals surface area contributed by atoms with Crippen LogP contribution in [-0.2, 0) is 9.05 Å². The Bertz CT molecular complexity index is 648. The predicted octanol–water partition coefficient (Wildman–Crippen LogP) is 3.42. The van der Waals surface area contributed by atoms with Crippen LogP contribution in [0.2, 0.25) is 0 Å². The van der Waals surface area contributed by atoms with Gasteiger partial charge in [0.2, 0.25) is 0 Å². The molecule has 19 heavy (non-hydrogen) atoms. The van der Waals surface area contributed by atoms with Crippen molar-refractivity contribution >= 4 is 19.7 Å². The molecule has 0 saturated carbocycles. The van der Waals surface area contributed by atoms with Crippen LogP contribution < -0.4 is 9.47 Å². The standard InChI is InChI=1S/C13H11ClO4S/c1-17-10-2-4-11(5-3-10)18-12-6-8-13(9-7-12)19(14,15)16/h2-9H,1H3. The van der Waals surface area contributed by atoms with Gasteiger partial charge in [-0.2, -0.15) is 0 Å². The van der Waals surface area contributed by atoms with Crippen LogP contribution in [0.1, 0.15) is 0 Å². The maximum Gasteiger partial charge on any atom is 0.261 e. The Morgan fingerprint density at radius 1 is 0.842 bits per heavy atom. The van der Waals surface area contributed by atoms with Crippen molar-refractivity contribution in [3.8, 4) is 17.2 Å². The van der Waals surface area contributed by atoms with Gasteiger partial charge in [-0.15, -0.1) is 0 Å². The summed E-state index contributed by atoms with van der Waals surface area (Å²) in [5, 5.41) is 0. The molecule has 0 amide bonds. The van der Waals surface area contributed by atoms with E-state index in [4.69, 9.17) is 20.2 Å². The zero-order valence-corrected chi connectivity index (χ0v) is 11.6. The first-order valence-corrected chi connectivity index (χ1v) is 7.66. The van der Waals surface area contributed by atoms with Gasteiger partial charge in [-0.05, 0) is 48.5 Å². The van der Waals surface area contributed by atoms with Crippen LogP contribution in [0.25, 0.3) is 0 Å². The number of halogens is 1. The molecule has 0 aliphatic heterocycles. The van der Waals surface area contributed by atoms with Gasteiger partial charge in [0.05, 0.1) is 12.0 Å². The smallest absolute Gasteiger partial charge is 0.261 e. The Kier molecular flexibility index (Phi) is 3.97. The van der Waals surface area contributed by atoms with Crippen LogP contribution in [0.3, 0.4) is 0 Å². The second kappa shape index (κ2) is 5.50. The van der Waals surface area contributed by atoms with Crippen LogP contribution in [0.4, 0.5) is 0 Å². The molecular formula is C13H11ClO4S. The minimum absolute atomic E-state index is 0.0382. The van der Waals surface area contributed by atoms with Crippen LogP contribution >= 0.6 is 10.7 Å². The lowest BCUT2D eigenvalue weighted by molar-refractivity contribution is 0.413. The second-order valence-corrected chi connectivity index (χ2v) is 6.25. The molecule has 0 N–H and O–H groups in total. The molecule has 0 radical (unpaired) electrons. The number of rotatable bonds is 4. The fraction of sp³-hybridized carbons (Fsp3) is 0.0769. The van der Waals surface area contributed by atoms with E-state index in [9.17, 15) is 8.42 Å². The Morgan fingerprint density at radius 2 is 1.26 bits per heavy atom. The maximum atomic E-state index is 11.1. The van der Waals surface area contributed by atoms with Gasteiger partial charge >= 0.3 is 0 Å². The highest BCUT2D eigenvalue weighted by Crippen LogP contribution is 2.25. The molecule has 2 rings (SSSR count). The third kappa shape index (κ3) is 3.62. The molecule has 2 aromatic rings. The molecule has 6 heteroatoms. The molecule has 0 heterocycles. The molecule has 0 atom stereocenters. The molecule has 0 bridgehead atoms. The van der Waals surface area contributed by atoms with Gasteiger partial charge in [0.25, 0.3) is 9.05 Å². The number of benzene rings is 2. The fourth-order valence-corrected chi connectivity index (χ4v) is 2.22. The summed E-state index contributed by atoms with van der Waals surface area (Å²) in [7, 11) is 3.11. The van der Waals surface area contributed by atoms with Crippen LogP contribution in [0.15, 0.2) is 53.4 Å². The summed E-state index contributed by atoms with van der Waals surface area (Å²) in [6, 6.07) is 12.9. The van der Waals surface area contributed by atoms with Crippen LogP contribution in [-0.4, -0.2) is 15.5 Å². The van der Waals surface area contributed by atoms with E-state index in [-0.39, 0.29) is 4.90 Å². The topological polar surface area (TPSA) is 52.6 Å². The van der Waals surface area contributed by atoms with E-state index >= 15 is 0 Å². The van der Waals surface area contributed by atoms with E-state index in [1.54, 1.807) is 43.5 Å². The SMILES string of the molecule is COc1ccc(Oc2ccc(S(=O)(=O)Cl)cc2)cc1. The lowest BCUT2D eigenvalue weighted by atomic mass is 10.3. The molecule has 0 aromatic heterocycles. The highest BCUT2D eigenvalue weighted by Gasteiger charge is 2.09. The molecule has 0 aliphatic rings. The van der Waals surface area contributed by atoms with Crippen LogP contribution in [0.5, 0.6) is 17.2 Å². The third-order valence-electron chi connectivity index (χ3n) is 2.40. The summed E-state index contributed by atoms with van der Waals surface area (Å²) in [4.78, 5) is 0.0382. The highest BCUT2D eigenvalue weighted by atomic mass is 35.7. The molecule has 0 unspecified atom stereocenters. The molecule has 0 spiro atoms. The van der Waals surface area contributed by atoms with Gasteiger partial charge in [0.1, 0.15) is 17.2 Å². The highest BCUT2D eigenvalue weighted by molar-refractivity contribution is 8.13. The Morgan fingerprint density at radius 3 is 1.68 bits per heavy atom. The lowest BCUT2D eigenvalue weighted by Crippen LogP contribution is -1.90. The number of hydrogen-bond acceptors (Lipinski definition) is 4. The largest absolute Gasteiger partial charge is 0.497 e. The number of methoxy groups -OCH3 is 1. The van der Waals surface area contributed by atoms with Crippen LogP contribution in [0, 0.1) is 0 Å². The van der Waals surface area contributed by atoms with Crippen molar-refractivity contribution in [1.29, 1.82) is 0 Å². The Labute approximate surface area is 116 Å². The summed E-state index contributed by atoms with van der Waals surface area (Å²) in [5.74, 6) is 1.88. The number of hydrogen-bond donors (Lipinski definition) is 0. The van der Waals surface area contributed by atoms with Crippen molar-refractivity contribution in [3.05, 3.63) is 48.5 Å². The molecule has 2 aromatic carbocycles. The average molecular weight is 299 g/mol. The summed E-state index contributed by atoms with van der Waals surface area (Å²) >= 11 is 0. The summed E-state index contributed by atoms with van der Waals surface area (Å²) in [6.45, 7) is 0. The molecule has 4 nitrogen and oxygen atoms in total. The van der Waals surface area contributed by atoms with Gasteiger partial charge in [0.15, 0.2) is 0 Å². The minimum atomic E-state index is -3.70. The lowest BCUT2D eigenvalue weighted by Gasteiger charge is -2.06. The average Bonchev–Trinajstić information content (AvgIpc) is 2.39. The van der Waals surface area contributed by atoms with Crippen molar-refractivity contribution in [2.75, 3.05) is 7.11 Å². The fourth-order valence-electron chi connectivity index (χ4n) is 1.45. The maximum absolute atomic E-state index is 11.1. The molecule has 0 aliphatic carbocycles. The normalized spacial score (nSPS) is 11.1. The van der Waals surface area contributed by atoms with Gasteiger partial charge in [0, 0.05) is 10.7 Å². The summed E-state index contributed by atoms with van der Waals surface area (Å²) < 4.78 is 32.8. The van der Waals surface area contributed by atoms with Crippen molar-refractivity contribution < 1.29 is 17.9 Å². The first kappa shape index (κ1) is 13.7. The van der Waals surface area contributed by atoms with Crippen molar-refractivity contribution in [3.63, 3.8) is 0 Å². The monoisotopic (exact) mass is 298 g/mol. The first-order chi connectivity index (χ1) is 8.99. The first-order valence-electron chi connectivity index (χ1n) is 5.36. The zero-order valence-electron chi connectivity index (χ0n) is 10.0. The molecule has 0 saturated heterocycles. The van der Waals surface area contributed by atoms with E-state index in [0.717, 1.165) is 5.75 Å². The second-order valence-electron chi connectivity index (χ2n) is 3.69. The van der Waals surface area contributed by atoms with Gasteiger partial charge in [-0.25, -0.2) is 8.42 Å². The molecular weight excluding hydrogens is 288 g/mol. The summed E-state index contributed by atoms with van der Waals surface area (Å²) in [5.41, 5.74) is 0. The van der Waals surface area contributed by atoms with E-state index < -0.39 is 9.05 Å². The van der Waals surface area contributed by atoms with Gasteiger partial charge in [-0.1, -0.05) is 0 Å². The minimum Gasteiger partial charge on any atom is -0.497 e. The molecule has 0 fully saturated rings. The van der Waals surface area contributed by atoms with E-state index in [1.165, 1.54) is 12.1 Å². The Hall–Kier alpha value is -1.72. The predicted molar refractivity (Wildman–Crippen MR) is 72.5 cm³/mol. The zero-order chi connectivity index (χ0) is 13.9. The third-order valence-corrected chi connectivity index (χ3v) is 3.77. The van der Waals surface area contributed by atoms with Crippen molar-refractivity contribution in [2.45, 2.75) is 4.90 Å². The van der Waals surface area contributed by atoms with Crippen molar-refractivity contribution in [2.24, 2.45) is 0 Å². The van der Waals surface area contributed by atoms with Crippen molar-refractivity contribution in [1.82, 2.24) is 0 Å². The Balaban J connectivity index is 2.15.